The largest absolute Gasteiger partial charge is 0.508 e. The van der Waals surface area contributed by atoms with Gasteiger partial charge >= 0.3 is 0 Å². The van der Waals surface area contributed by atoms with Crippen LogP contribution in [-0.2, 0) is 11.3 Å². The maximum absolute atomic E-state index is 12.2. The molecule has 1 fully saturated rings. The number of nitrogens with zero attached hydrogens (tertiary/aromatic N) is 1. The van der Waals surface area contributed by atoms with E-state index in [1.54, 1.807) is 12.1 Å². The second-order valence-corrected chi connectivity index (χ2v) is 5.37. The lowest BCUT2D eigenvalue weighted by molar-refractivity contribution is -0.137. The summed E-state index contributed by atoms with van der Waals surface area (Å²) in [6.07, 6.45) is 1.82. The summed E-state index contributed by atoms with van der Waals surface area (Å²) < 4.78 is 0. The molecular formula is C15H22N2O2. The van der Waals surface area contributed by atoms with Crippen molar-refractivity contribution in [1.29, 1.82) is 0 Å². The summed E-state index contributed by atoms with van der Waals surface area (Å²) in [4.78, 5) is 14.4. The molecule has 2 N–H and O–H groups in total. The van der Waals surface area contributed by atoms with E-state index in [1.807, 2.05) is 19.1 Å². The monoisotopic (exact) mass is 262 g/mol. The molecule has 0 unspecified atom stereocenters. The van der Waals surface area contributed by atoms with Gasteiger partial charge in [0, 0.05) is 19.6 Å². The fraction of sp³-hybridized carbons (Fsp3) is 0.533. The third kappa shape index (κ3) is 2.89. The molecule has 0 aromatic heterocycles. The SMILES string of the molecule is CCC[C@@]1(C)C(=O)NCCN1Cc1cccc(O)c1. The maximum atomic E-state index is 12.2. The molecule has 1 aromatic rings. The first-order valence-electron chi connectivity index (χ1n) is 6.87. The zero-order valence-corrected chi connectivity index (χ0v) is 11.6. The minimum atomic E-state index is -0.446. The van der Waals surface area contributed by atoms with Crippen LogP contribution in [0.4, 0.5) is 0 Å². The molecule has 2 rings (SSSR count). The summed E-state index contributed by atoms with van der Waals surface area (Å²) in [6, 6.07) is 7.25. The second kappa shape index (κ2) is 5.61. The Bertz CT molecular complexity index is 461. The topological polar surface area (TPSA) is 52.6 Å². The number of phenols is 1. The van der Waals surface area contributed by atoms with Crippen molar-refractivity contribution in [2.24, 2.45) is 0 Å². The van der Waals surface area contributed by atoms with E-state index >= 15 is 0 Å². The first kappa shape index (κ1) is 13.9. The Morgan fingerprint density at radius 1 is 1.47 bits per heavy atom. The van der Waals surface area contributed by atoms with Crippen molar-refractivity contribution in [3.8, 4) is 5.75 Å². The van der Waals surface area contributed by atoms with Gasteiger partial charge in [-0.25, -0.2) is 0 Å². The summed E-state index contributed by atoms with van der Waals surface area (Å²) in [5.41, 5.74) is 0.593. The smallest absolute Gasteiger partial charge is 0.240 e. The average Bonchev–Trinajstić information content (AvgIpc) is 2.36. The fourth-order valence-corrected chi connectivity index (χ4v) is 2.77. The molecule has 19 heavy (non-hydrogen) atoms. The Kier molecular flexibility index (Phi) is 4.10. The first-order valence-corrected chi connectivity index (χ1v) is 6.87. The number of hydrogen-bond donors (Lipinski definition) is 2. The third-order valence-electron chi connectivity index (χ3n) is 3.88. The molecule has 0 saturated carbocycles. The van der Waals surface area contributed by atoms with Gasteiger partial charge in [-0.15, -0.1) is 0 Å². The molecule has 0 aliphatic carbocycles. The Hall–Kier alpha value is -1.55. The third-order valence-corrected chi connectivity index (χ3v) is 3.88. The summed E-state index contributed by atoms with van der Waals surface area (Å²) in [6.45, 7) is 6.33. The molecule has 1 saturated heterocycles. The zero-order valence-electron chi connectivity index (χ0n) is 11.6. The van der Waals surface area contributed by atoms with Gasteiger partial charge in [-0.3, -0.25) is 9.69 Å². The first-order chi connectivity index (χ1) is 9.06. The number of rotatable bonds is 4. The lowest BCUT2D eigenvalue weighted by Crippen LogP contribution is -2.62. The highest BCUT2D eigenvalue weighted by Crippen LogP contribution is 2.26. The van der Waals surface area contributed by atoms with Crippen LogP contribution in [0.25, 0.3) is 0 Å². The lowest BCUT2D eigenvalue weighted by atomic mass is 9.90. The van der Waals surface area contributed by atoms with Crippen molar-refractivity contribution < 1.29 is 9.90 Å². The van der Waals surface area contributed by atoms with Crippen molar-refractivity contribution in [3.63, 3.8) is 0 Å². The Balaban J connectivity index is 2.19. The van der Waals surface area contributed by atoms with Crippen LogP contribution in [0, 0.1) is 0 Å². The predicted octanol–water partition coefficient (Wildman–Crippen LogP) is 1.88. The van der Waals surface area contributed by atoms with Crippen molar-refractivity contribution in [2.45, 2.75) is 38.8 Å². The van der Waals surface area contributed by atoms with Gasteiger partial charge in [0.15, 0.2) is 0 Å². The molecule has 1 atom stereocenters. The zero-order chi connectivity index (χ0) is 13.9. The van der Waals surface area contributed by atoms with Gasteiger partial charge in [-0.2, -0.15) is 0 Å². The van der Waals surface area contributed by atoms with Crippen LogP contribution >= 0.6 is 0 Å². The Morgan fingerprint density at radius 3 is 2.95 bits per heavy atom. The average molecular weight is 262 g/mol. The summed E-state index contributed by atoms with van der Waals surface area (Å²) >= 11 is 0. The van der Waals surface area contributed by atoms with Crippen LogP contribution in [-0.4, -0.2) is 34.5 Å². The van der Waals surface area contributed by atoms with Gasteiger partial charge in [0.1, 0.15) is 5.75 Å². The van der Waals surface area contributed by atoms with E-state index in [1.165, 1.54) is 0 Å². The molecule has 4 heteroatoms. The molecule has 1 aliphatic rings. The predicted molar refractivity (Wildman–Crippen MR) is 74.8 cm³/mol. The van der Waals surface area contributed by atoms with Crippen molar-refractivity contribution in [3.05, 3.63) is 29.8 Å². The highest BCUT2D eigenvalue weighted by atomic mass is 16.3. The number of phenolic OH excluding ortho intramolecular Hbond substituents is 1. The lowest BCUT2D eigenvalue weighted by Gasteiger charge is -2.43. The van der Waals surface area contributed by atoms with Gasteiger partial charge in [-0.1, -0.05) is 25.5 Å². The molecule has 0 spiro atoms. The van der Waals surface area contributed by atoms with E-state index in [2.05, 4.69) is 17.1 Å². The number of amides is 1. The summed E-state index contributed by atoms with van der Waals surface area (Å²) in [5.74, 6) is 0.386. The highest BCUT2D eigenvalue weighted by Gasteiger charge is 2.40. The summed E-state index contributed by atoms with van der Waals surface area (Å²) in [5, 5.41) is 12.5. The van der Waals surface area contributed by atoms with E-state index in [9.17, 15) is 9.90 Å². The quantitative estimate of drug-likeness (QED) is 0.871. The van der Waals surface area contributed by atoms with Gasteiger partial charge in [-0.05, 0) is 31.0 Å². The molecule has 1 aromatic carbocycles. The van der Waals surface area contributed by atoms with Crippen LogP contribution in [0.3, 0.4) is 0 Å². The van der Waals surface area contributed by atoms with Gasteiger partial charge in [0.25, 0.3) is 0 Å². The molecule has 1 amide bonds. The maximum Gasteiger partial charge on any atom is 0.240 e. The Labute approximate surface area is 114 Å². The van der Waals surface area contributed by atoms with E-state index in [0.29, 0.717) is 13.1 Å². The van der Waals surface area contributed by atoms with Crippen molar-refractivity contribution >= 4 is 5.91 Å². The van der Waals surface area contributed by atoms with E-state index in [0.717, 1.165) is 24.9 Å². The fourth-order valence-electron chi connectivity index (χ4n) is 2.77. The normalized spacial score (nSPS) is 24.2. The molecule has 4 nitrogen and oxygen atoms in total. The number of carbonyl (C=O) groups is 1. The molecule has 104 valence electrons. The van der Waals surface area contributed by atoms with Crippen molar-refractivity contribution in [1.82, 2.24) is 10.2 Å². The highest BCUT2D eigenvalue weighted by molar-refractivity contribution is 5.86. The summed E-state index contributed by atoms with van der Waals surface area (Å²) in [7, 11) is 0. The molecule has 1 aliphatic heterocycles. The minimum absolute atomic E-state index is 0.112. The van der Waals surface area contributed by atoms with Crippen LogP contribution in [0.15, 0.2) is 24.3 Å². The van der Waals surface area contributed by atoms with E-state index in [4.69, 9.17) is 0 Å². The molecule has 0 radical (unpaired) electrons. The van der Waals surface area contributed by atoms with Crippen molar-refractivity contribution in [2.75, 3.05) is 13.1 Å². The molecular weight excluding hydrogens is 240 g/mol. The van der Waals surface area contributed by atoms with Crippen LogP contribution in [0.2, 0.25) is 0 Å². The standard InChI is InChI=1S/C15H22N2O2/c1-3-7-15(2)14(19)16-8-9-17(15)11-12-5-4-6-13(18)10-12/h4-6,10,18H,3,7-9,11H2,1-2H3,(H,16,19)/t15-/m0/s1. The van der Waals surface area contributed by atoms with Gasteiger partial charge < -0.3 is 10.4 Å². The Morgan fingerprint density at radius 2 is 2.26 bits per heavy atom. The van der Waals surface area contributed by atoms with E-state index in [-0.39, 0.29) is 11.7 Å². The van der Waals surface area contributed by atoms with Crippen LogP contribution in [0.1, 0.15) is 32.3 Å². The number of piperazine rings is 1. The number of aromatic hydroxyl groups is 1. The van der Waals surface area contributed by atoms with E-state index < -0.39 is 5.54 Å². The van der Waals surface area contributed by atoms with Gasteiger partial charge in [0.2, 0.25) is 5.91 Å². The van der Waals surface area contributed by atoms with Gasteiger partial charge in [0.05, 0.1) is 5.54 Å². The second-order valence-electron chi connectivity index (χ2n) is 5.37. The molecule has 0 bridgehead atoms. The number of carbonyl (C=O) groups excluding carboxylic acids is 1. The minimum Gasteiger partial charge on any atom is -0.508 e. The number of nitrogens with one attached hydrogen (secondary N) is 1. The molecule has 1 heterocycles. The van der Waals surface area contributed by atoms with Crippen LogP contribution in [0.5, 0.6) is 5.75 Å². The van der Waals surface area contributed by atoms with Crippen LogP contribution < -0.4 is 5.32 Å². The number of hydrogen-bond acceptors (Lipinski definition) is 3. The number of benzene rings is 1.